The SMILES string of the molecule is O=C(O)CCCC=CC[C@@H]1[C@H]2CC[C@H](C2)[C@H]1NS(=O)(=O)c1ccc(Cc2ccccc2)cc1. The van der Waals surface area contributed by atoms with Gasteiger partial charge in [0.15, 0.2) is 0 Å². The van der Waals surface area contributed by atoms with E-state index in [1.165, 1.54) is 12.0 Å². The minimum Gasteiger partial charge on any atom is -0.481 e. The molecule has 0 unspecified atom stereocenters. The number of nitrogens with one attached hydrogen (secondary N) is 1. The van der Waals surface area contributed by atoms with Gasteiger partial charge >= 0.3 is 5.97 Å². The minimum absolute atomic E-state index is 0.0265. The standard InChI is InChI=1S/C27H33NO4S/c29-26(30)11-7-2-1-6-10-25-22-14-15-23(19-22)27(25)28-33(31,32)24-16-12-21(13-17-24)18-20-8-4-3-5-9-20/h1,3-6,8-9,12-13,16-17,22-23,25,27-28H,2,7,10-11,14-15,18-19H2,(H,29,30)/t22-,23+,25+,27+/m0/s1. The zero-order valence-corrected chi connectivity index (χ0v) is 19.7. The van der Waals surface area contributed by atoms with Crippen LogP contribution in [0.3, 0.4) is 0 Å². The van der Waals surface area contributed by atoms with Crippen LogP contribution in [0.2, 0.25) is 0 Å². The molecule has 4 rings (SSSR count). The van der Waals surface area contributed by atoms with E-state index in [9.17, 15) is 13.2 Å². The zero-order valence-electron chi connectivity index (χ0n) is 18.9. The second kappa shape index (κ2) is 10.7. The first-order valence-corrected chi connectivity index (χ1v) is 13.4. The van der Waals surface area contributed by atoms with Gasteiger partial charge in [-0.25, -0.2) is 13.1 Å². The predicted molar refractivity (Wildman–Crippen MR) is 129 cm³/mol. The first kappa shape index (κ1) is 23.7. The molecular weight excluding hydrogens is 434 g/mol. The summed E-state index contributed by atoms with van der Waals surface area (Å²) in [6.45, 7) is 0. The fraction of sp³-hybridized carbons (Fsp3) is 0.444. The molecule has 2 fully saturated rings. The first-order chi connectivity index (χ1) is 15.9. The second-order valence-corrected chi connectivity index (χ2v) is 11.2. The maximum atomic E-state index is 13.2. The molecule has 6 heteroatoms. The van der Waals surface area contributed by atoms with Crippen molar-refractivity contribution in [3.05, 3.63) is 77.9 Å². The lowest BCUT2D eigenvalue weighted by Crippen LogP contribution is -2.43. The molecule has 0 radical (unpaired) electrons. The van der Waals surface area contributed by atoms with Crippen LogP contribution < -0.4 is 4.72 Å². The number of allylic oxidation sites excluding steroid dienone is 2. The molecule has 5 nitrogen and oxygen atoms in total. The van der Waals surface area contributed by atoms with Gasteiger partial charge in [0.05, 0.1) is 4.90 Å². The van der Waals surface area contributed by atoms with Crippen LogP contribution >= 0.6 is 0 Å². The van der Waals surface area contributed by atoms with Crippen LogP contribution in [0.4, 0.5) is 0 Å². The van der Waals surface area contributed by atoms with E-state index in [0.29, 0.717) is 29.1 Å². The molecule has 0 aliphatic heterocycles. The number of carboxylic acid groups (broad SMARTS) is 1. The molecule has 0 saturated heterocycles. The largest absolute Gasteiger partial charge is 0.481 e. The lowest BCUT2D eigenvalue weighted by molar-refractivity contribution is -0.137. The highest BCUT2D eigenvalue weighted by atomic mass is 32.2. The molecule has 4 atom stereocenters. The summed E-state index contributed by atoms with van der Waals surface area (Å²) < 4.78 is 29.4. The molecule has 2 aromatic carbocycles. The van der Waals surface area contributed by atoms with Gasteiger partial charge in [-0.05, 0) is 86.0 Å². The Bertz CT molecular complexity index is 1060. The van der Waals surface area contributed by atoms with E-state index in [4.69, 9.17) is 5.11 Å². The number of unbranched alkanes of at least 4 members (excludes halogenated alkanes) is 1. The summed E-state index contributed by atoms with van der Waals surface area (Å²) in [6, 6.07) is 17.4. The van der Waals surface area contributed by atoms with Crippen LogP contribution in [0.25, 0.3) is 0 Å². The average molecular weight is 468 g/mol. The molecule has 176 valence electrons. The molecule has 2 aromatic rings. The summed E-state index contributed by atoms with van der Waals surface area (Å²) in [5, 5.41) is 8.74. The van der Waals surface area contributed by atoms with Gasteiger partial charge in [0, 0.05) is 12.5 Å². The summed E-state index contributed by atoms with van der Waals surface area (Å²) in [6.07, 6.45) is 10.7. The highest BCUT2D eigenvalue weighted by molar-refractivity contribution is 7.89. The van der Waals surface area contributed by atoms with Crippen LogP contribution in [-0.2, 0) is 21.2 Å². The van der Waals surface area contributed by atoms with E-state index < -0.39 is 16.0 Å². The van der Waals surface area contributed by atoms with Crippen molar-refractivity contribution in [1.82, 2.24) is 4.72 Å². The second-order valence-electron chi connectivity index (χ2n) is 9.44. The van der Waals surface area contributed by atoms with E-state index >= 15 is 0 Å². The van der Waals surface area contributed by atoms with Crippen molar-refractivity contribution in [3.63, 3.8) is 0 Å². The van der Waals surface area contributed by atoms with E-state index in [-0.39, 0.29) is 12.5 Å². The maximum absolute atomic E-state index is 13.2. The van der Waals surface area contributed by atoms with Gasteiger partial charge in [0.25, 0.3) is 0 Å². The molecular formula is C27H33NO4S. The number of hydrogen-bond donors (Lipinski definition) is 2. The number of carboxylic acids is 1. The molecule has 0 heterocycles. The lowest BCUT2D eigenvalue weighted by atomic mass is 9.83. The number of sulfonamides is 1. The monoisotopic (exact) mass is 467 g/mol. The van der Waals surface area contributed by atoms with Gasteiger partial charge in [-0.15, -0.1) is 0 Å². The number of carbonyl (C=O) groups is 1. The smallest absolute Gasteiger partial charge is 0.303 e. The molecule has 2 N–H and O–H groups in total. The summed E-state index contributed by atoms with van der Waals surface area (Å²) in [5.41, 5.74) is 2.29. The predicted octanol–water partition coefficient (Wildman–Crippen LogP) is 5.17. The van der Waals surface area contributed by atoms with Gasteiger partial charge in [0.1, 0.15) is 0 Å². The van der Waals surface area contributed by atoms with Crippen LogP contribution in [0, 0.1) is 17.8 Å². The van der Waals surface area contributed by atoms with Crippen LogP contribution in [0.5, 0.6) is 0 Å². The quantitative estimate of drug-likeness (QED) is 0.353. The minimum atomic E-state index is -3.58. The van der Waals surface area contributed by atoms with Crippen molar-refractivity contribution in [1.29, 1.82) is 0 Å². The van der Waals surface area contributed by atoms with Crippen LogP contribution in [-0.4, -0.2) is 25.5 Å². The maximum Gasteiger partial charge on any atom is 0.303 e. The molecule has 33 heavy (non-hydrogen) atoms. The Morgan fingerprint density at radius 2 is 1.67 bits per heavy atom. The molecule has 2 aliphatic rings. The highest BCUT2D eigenvalue weighted by Gasteiger charge is 2.48. The number of benzene rings is 2. The molecule has 0 amide bonds. The number of fused-ring (bicyclic) bond motifs is 2. The molecule has 0 aromatic heterocycles. The van der Waals surface area contributed by atoms with Crippen molar-refractivity contribution in [3.8, 4) is 0 Å². The summed E-state index contributed by atoms with van der Waals surface area (Å²) in [7, 11) is -3.58. The van der Waals surface area contributed by atoms with Gasteiger partial charge in [-0.1, -0.05) is 54.6 Å². The van der Waals surface area contributed by atoms with Crippen molar-refractivity contribution in [2.24, 2.45) is 17.8 Å². The Balaban J connectivity index is 1.37. The Labute approximate surface area is 197 Å². The third-order valence-electron chi connectivity index (χ3n) is 7.20. The van der Waals surface area contributed by atoms with Gasteiger partial charge in [0.2, 0.25) is 10.0 Å². The Morgan fingerprint density at radius 1 is 0.970 bits per heavy atom. The summed E-state index contributed by atoms with van der Waals surface area (Å²) >= 11 is 0. The third kappa shape index (κ3) is 6.12. The van der Waals surface area contributed by atoms with E-state index in [2.05, 4.69) is 22.9 Å². The van der Waals surface area contributed by atoms with Crippen molar-refractivity contribution < 1.29 is 18.3 Å². The number of hydrogen-bond acceptors (Lipinski definition) is 3. The van der Waals surface area contributed by atoms with Crippen LogP contribution in [0.15, 0.2) is 71.6 Å². The first-order valence-electron chi connectivity index (χ1n) is 11.9. The average Bonchev–Trinajstić information content (AvgIpc) is 3.39. The normalized spacial score (nSPS) is 24.5. The van der Waals surface area contributed by atoms with Gasteiger partial charge in [-0.3, -0.25) is 4.79 Å². The molecule has 2 aliphatic carbocycles. The number of rotatable bonds is 11. The van der Waals surface area contributed by atoms with Crippen LogP contribution in [0.1, 0.15) is 56.1 Å². The topological polar surface area (TPSA) is 83.5 Å². The fourth-order valence-corrected chi connectivity index (χ4v) is 6.90. The van der Waals surface area contributed by atoms with E-state index in [1.807, 2.05) is 36.4 Å². The summed E-state index contributed by atoms with van der Waals surface area (Å²) in [5.74, 6) is 0.526. The highest BCUT2D eigenvalue weighted by Crippen LogP contribution is 2.50. The lowest BCUT2D eigenvalue weighted by Gasteiger charge is -2.31. The third-order valence-corrected chi connectivity index (χ3v) is 8.68. The van der Waals surface area contributed by atoms with Crippen molar-refractivity contribution >= 4 is 16.0 Å². The van der Waals surface area contributed by atoms with Gasteiger partial charge in [-0.2, -0.15) is 0 Å². The Hall–Kier alpha value is -2.44. The van der Waals surface area contributed by atoms with E-state index in [1.54, 1.807) is 12.1 Å². The molecule has 2 bridgehead atoms. The van der Waals surface area contributed by atoms with Crippen molar-refractivity contribution in [2.45, 2.75) is 62.3 Å². The van der Waals surface area contributed by atoms with E-state index in [0.717, 1.165) is 37.7 Å². The number of aliphatic carboxylic acids is 1. The van der Waals surface area contributed by atoms with Gasteiger partial charge < -0.3 is 5.11 Å². The summed E-state index contributed by atoms with van der Waals surface area (Å²) in [4.78, 5) is 11.0. The molecule has 0 spiro atoms. The molecule has 2 saturated carbocycles. The Kier molecular flexibility index (Phi) is 7.66. The fourth-order valence-electron chi connectivity index (χ4n) is 5.54. The zero-order chi connectivity index (χ0) is 23.3. The van der Waals surface area contributed by atoms with Crippen molar-refractivity contribution in [2.75, 3.05) is 0 Å². The Morgan fingerprint density at radius 3 is 2.39 bits per heavy atom.